The van der Waals surface area contributed by atoms with Gasteiger partial charge in [-0.3, -0.25) is 9.59 Å². The van der Waals surface area contributed by atoms with Crippen molar-refractivity contribution in [2.75, 3.05) is 40.5 Å². The molecule has 0 atom stereocenters. The number of amides is 2. The van der Waals surface area contributed by atoms with Gasteiger partial charge in [0, 0.05) is 25.2 Å². The number of rotatable bonds is 10. The molecule has 0 unspecified atom stereocenters. The van der Waals surface area contributed by atoms with Crippen LogP contribution in [0.2, 0.25) is 0 Å². The first-order chi connectivity index (χ1) is 15.0. The third kappa shape index (κ3) is 7.23. The number of nitrogens with one attached hydrogen (secondary N) is 2. The highest BCUT2D eigenvalue weighted by molar-refractivity contribution is 5.98. The summed E-state index contributed by atoms with van der Waals surface area (Å²) in [4.78, 5) is 47.3. The van der Waals surface area contributed by atoms with E-state index >= 15 is 0 Å². The highest BCUT2D eigenvalue weighted by Gasteiger charge is 2.12. The molecule has 0 bridgehead atoms. The zero-order valence-corrected chi connectivity index (χ0v) is 17.3. The predicted octanol–water partition coefficient (Wildman–Crippen LogP) is 1.44. The Kier molecular flexibility index (Phi) is 9.18. The van der Waals surface area contributed by atoms with Crippen LogP contribution in [0.15, 0.2) is 48.5 Å². The summed E-state index contributed by atoms with van der Waals surface area (Å²) in [6.07, 6.45) is 0. The molecule has 2 N–H and O–H groups in total. The van der Waals surface area contributed by atoms with Gasteiger partial charge in [-0.2, -0.15) is 0 Å². The molecule has 0 fully saturated rings. The molecule has 0 radical (unpaired) electrons. The van der Waals surface area contributed by atoms with Gasteiger partial charge in [-0.15, -0.1) is 0 Å². The zero-order chi connectivity index (χ0) is 22.6. The third-order valence-electron chi connectivity index (χ3n) is 4.10. The van der Waals surface area contributed by atoms with Crippen molar-refractivity contribution >= 4 is 23.8 Å². The fraction of sp³-hybridized carbons (Fsp3) is 0.273. The molecule has 2 aromatic rings. The molecule has 2 amide bonds. The number of carbonyl (C=O) groups excluding carboxylic acids is 4. The van der Waals surface area contributed by atoms with Gasteiger partial charge >= 0.3 is 11.9 Å². The molecule has 2 aromatic carbocycles. The zero-order valence-electron chi connectivity index (χ0n) is 17.3. The lowest BCUT2D eigenvalue weighted by Crippen LogP contribution is -2.19. The molecule has 0 heterocycles. The molecule has 2 rings (SSSR count). The van der Waals surface area contributed by atoms with Crippen LogP contribution < -0.4 is 10.6 Å². The minimum atomic E-state index is -0.572. The second-order valence-corrected chi connectivity index (χ2v) is 6.20. The highest BCUT2D eigenvalue weighted by Crippen LogP contribution is 2.08. The second kappa shape index (κ2) is 12.1. The van der Waals surface area contributed by atoms with Crippen molar-refractivity contribution in [2.24, 2.45) is 0 Å². The Hall–Kier alpha value is -3.72. The molecule has 0 aromatic heterocycles. The monoisotopic (exact) mass is 428 g/mol. The predicted molar refractivity (Wildman–Crippen MR) is 111 cm³/mol. The van der Waals surface area contributed by atoms with Crippen molar-refractivity contribution in [1.82, 2.24) is 10.6 Å². The lowest BCUT2D eigenvalue weighted by atomic mass is 10.1. The number of hydrogen-bond acceptors (Lipinski definition) is 7. The summed E-state index contributed by atoms with van der Waals surface area (Å²) in [5.74, 6) is -1.74. The van der Waals surface area contributed by atoms with E-state index in [2.05, 4.69) is 10.6 Å². The van der Waals surface area contributed by atoms with Crippen LogP contribution in [0.1, 0.15) is 41.4 Å². The SMILES string of the molecule is CNC(=O)c1cccc(C(=O)OCCOCCOC(=O)c2cccc(C(=O)NC)c2)c1. The van der Waals surface area contributed by atoms with Gasteiger partial charge in [0.05, 0.1) is 24.3 Å². The Morgan fingerprint density at radius 1 is 0.645 bits per heavy atom. The molecule has 0 saturated carbocycles. The average molecular weight is 428 g/mol. The Balaban J connectivity index is 1.66. The van der Waals surface area contributed by atoms with Gasteiger partial charge in [0.2, 0.25) is 0 Å². The van der Waals surface area contributed by atoms with Gasteiger partial charge in [-0.1, -0.05) is 12.1 Å². The van der Waals surface area contributed by atoms with Crippen LogP contribution in [-0.2, 0) is 14.2 Å². The van der Waals surface area contributed by atoms with E-state index in [-0.39, 0.29) is 49.4 Å². The van der Waals surface area contributed by atoms with Gasteiger partial charge in [0.15, 0.2) is 0 Å². The van der Waals surface area contributed by atoms with Gasteiger partial charge in [-0.05, 0) is 36.4 Å². The maximum Gasteiger partial charge on any atom is 0.338 e. The molecule has 164 valence electrons. The molecule has 0 spiro atoms. The Bertz CT molecular complexity index is 867. The first-order valence-electron chi connectivity index (χ1n) is 9.52. The van der Waals surface area contributed by atoms with E-state index < -0.39 is 11.9 Å². The van der Waals surface area contributed by atoms with Gasteiger partial charge < -0.3 is 24.8 Å². The van der Waals surface area contributed by atoms with Crippen LogP contribution in [0.25, 0.3) is 0 Å². The first kappa shape index (κ1) is 23.6. The van der Waals surface area contributed by atoms with Crippen LogP contribution >= 0.6 is 0 Å². The van der Waals surface area contributed by atoms with Crippen LogP contribution in [0.4, 0.5) is 0 Å². The molecular weight excluding hydrogens is 404 g/mol. The third-order valence-corrected chi connectivity index (χ3v) is 4.10. The van der Waals surface area contributed by atoms with Crippen LogP contribution in [-0.4, -0.2) is 64.3 Å². The average Bonchev–Trinajstić information content (AvgIpc) is 2.82. The van der Waals surface area contributed by atoms with Crippen LogP contribution in [0.5, 0.6) is 0 Å². The molecule has 0 aliphatic heterocycles. The summed E-state index contributed by atoms with van der Waals surface area (Å²) >= 11 is 0. The number of hydrogen-bond donors (Lipinski definition) is 2. The Morgan fingerprint density at radius 2 is 1.03 bits per heavy atom. The van der Waals surface area contributed by atoms with E-state index in [4.69, 9.17) is 14.2 Å². The number of carbonyl (C=O) groups is 4. The number of benzene rings is 2. The van der Waals surface area contributed by atoms with E-state index in [0.717, 1.165) is 0 Å². The minimum absolute atomic E-state index is 0.00512. The van der Waals surface area contributed by atoms with Gasteiger partial charge in [0.1, 0.15) is 13.2 Å². The molecular formula is C22H24N2O7. The van der Waals surface area contributed by atoms with E-state index in [9.17, 15) is 19.2 Å². The van der Waals surface area contributed by atoms with Crippen molar-refractivity contribution in [1.29, 1.82) is 0 Å². The highest BCUT2D eigenvalue weighted by atomic mass is 16.6. The van der Waals surface area contributed by atoms with Gasteiger partial charge in [0.25, 0.3) is 11.8 Å². The standard InChI is InChI=1S/C22H24N2O7/c1-23-19(25)15-5-3-7-17(13-15)21(27)30-11-9-29-10-12-31-22(28)18-8-4-6-16(14-18)20(26)24-2/h3-8,13-14H,9-12H2,1-2H3,(H,23,25)(H,24,26). The van der Waals surface area contributed by atoms with Crippen LogP contribution in [0, 0.1) is 0 Å². The maximum absolute atomic E-state index is 12.0. The molecule has 0 saturated heterocycles. The first-order valence-corrected chi connectivity index (χ1v) is 9.52. The Labute approximate surface area is 179 Å². The summed E-state index contributed by atoms with van der Waals surface area (Å²) in [6.45, 7) is 0.242. The summed E-state index contributed by atoms with van der Waals surface area (Å²) in [5, 5.41) is 4.97. The van der Waals surface area contributed by atoms with Gasteiger partial charge in [-0.25, -0.2) is 9.59 Å². The summed E-state index contributed by atoms with van der Waals surface area (Å²) < 4.78 is 15.5. The summed E-state index contributed by atoms with van der Waals surface area (Å²) in [7, 11) is 3.01. The lowest BCUT2D eigenvalue weighted by molar-refractivity contribution is 0.0151. The van der Waals surface area contributed by atoms with Crippen molar-refractivity contribution in [2.45, 2.75) is 0 Å². The number of esters is 2. The summed E-state index contributed by atoms with van der Waals surface area (Å²) in [5.41, 5.74) is 1.23. The largest absolute Gasteiger partial charge is 0.460 e. The minimum Gasteiger partial charge on any atom is -0.460 e. The lowest BCUT2D eigenvalue weighted by Gasteiger charge is -2.08. The van der Waals surface area contributed by atoms with Crippen molar-refractivity contribution < 1.29 is 33.4 Å². The topological polar surface area (TPSA) is 120 Å². The molecule has 31 heavy (non-hydrogen) atoms. The van der Waals surface area contributed by atoms with Crippen molar-refractivity contribution in [3.63, 3.8) is 0 Å². The maximum atomic E-state index is 12.0. The molecule has 9 nitrogen and oxygen atoms in total. The normalized spacial score (nSPS) is 10.1. The van der Waals surface area contributed by atoms with E-state index in [0.29, 0.717) is 11.1 Å². The fourth-order valence-corrected chi connectivity index (χ4v) is 2.52. The Morgan fingerprint density at radius 3 is 1.42 bits per heavy atom. The molecule has 9 heteroatoms. The smallest absolute Gasteiger partial charge is 0.338 e. The molecule has 0 aliphatic rings. The van der Waals surface area contributed by atoms with Crippen molar-refractivity contribution in [3.8, 4) is 0 Å². The van der Waals surface area contributed by atoms with E-state index in [1.165, 1.54) is 26.2 Å². The van der Waals surface area contributed by atoms with E-state index in [1.807, 2.05) is 0 Å². The van der Waals surface area contributed by atoms with Crippen LogP contribution in [0.3, 0.4) is 0 Å². The number of ether oxygens (including phenoxy) is 3. The summed E-state index contributed by atoms with van der Waals surface area (Å²) in [6, 6.07) is 12.4. The fourth-order valence-electron chi connectivity index (χ4n) is 2.52. The molecule has 0 aliphatic carbocycles. The van der Waals surface area contributed by atoms with E-state index in [1.54, 1.807) is 36.4 Å². The van der Waals surface area contributed by atoms with Crippen molar-refractivity contribution in [3.05, 3.63) is 70.8 Å². The quantitative estimate of drug-likeness (QED) is 0.434. The second-order valence-electron chi connectivity index (χ2n) is 6.20.